The van der Waals surface area contributed by atoms with Gasteiger partial charge in [0.2, 0.25) is 5.52 Å². The number of aromatic hydroxyl groups is 1. The molecule has 2 aromatic carbocycles. The minimum atomic E-state index is -0.719. The van der Waals surface area contributed by atoms with E-state index >= 15 is 0 Å². The summed E-state index contributed by atoms with van der Waals surface area (Å²) in [5.74, 6) is 0.298. The number of aromatic nitrogens is 2. The first-order valence-corrected chi connectivity index (χ1v) is 11.8. The molecule has 0 saturated carbocycles. The molecule has 0 bridgehead atoms. The highest BCUT2D eigenvalue weighted by Gasteiger charge is 2.35. The lowest BCUT2D eigenvalue weighted by atomic mass is 9.95. The van der Waals surface area contributed by atoms with Gasteiger partial charge in [-0.25, -0.2) is 0 Å². The van der Waals surface area contributed by atoms with Crippen LogP contribution in [0.5, 0.6) is 5.75 Å². The molecule has 37 heavy (non-hydrogen) atoms. The SMILES string of the molecule is [C-]#[N+]c1ccc2c(n1)c(N1CCN(C(c3ccccc3)c3ccccc3O)CC1)c([N+](=O)[O-])c(=O)n2C. The van der Waals surface area contributed by atoms with Crippen LogP contribution in [0.15, 0.2) is 71.5 Å². The Morgan fingerprint density at radius 3 is 2.35 bits per heavy atom. The second kappa shape index (κ2) is 9.72. The third kappa shape index (κ3) is 4.26. The highest BCUT2D eigenvalue weighted by Crippen LogP contribution is 2.37. The number of phenols is 1. The number of para-hydroxylation sites is 1. The van der Waals surface area contributed by atoms with Crippen LogP contribution in [0.3, 0.4) is 0 Å². The molecule has 0 aliphatic carbocycles. The summed E-state index contributed by atoms with van der Waals surface area (Å²) >= 11 is 0. The Morgan fingerprint density at radius 1 is 1.03 bits per heavy atom. The number of nitro groups is 1. The number of fused-ring (bicyclic) bond motifs is 1. The Labute approximate surface area is 212 Å². The molecule has 3 heterocycles. The van der Waals surface area contributed by atoms with Crippen LogP contribution in [-0.2, 0) is 7.05 Å². The van der Waals surface area contributed by atoms with Gasteiger partial charge in [-0.2, -0.15) is 0 Å². The summed E-state index contributed by atoms with van der Waals surface area (Å²) in [6.07, 6.45) is 0. The van der Waals surface area contributed by atoms with Crippen molar-refractivity contribution in [2.24, 2.45) is 7.05 Å². The van der Waals surface area contributed by atoms with Crippen LogP contribution in [0, 0.1) is 16.7 Å². The van der Waals surface area contributed by atoms with Crippen LogP contribution >= 0.6 is 0 Å². The molecular weight excluding hydrogens is 472 g/mol. The predicted molar refractivity (Wildman–Crippen MR) is 140 cm³/mol. The van der Waals surface area contributed by atoms with E-state index in [4.69, 9.17) is 6.57 Å². The van der Waals surface area contributed by atoms with Crippen LogP contribution < -0.4 is 10.5 Å². The van der Waals surface area contributed by atoms with Crippen LogP contribution in [0.25, 0.3) is 15.9 Å². The summed E-state index contributed by atoms with van der Waals surface area (Å²) in [5, 5.41) is 22.7. The van der Waals surface area contributed by atoms with E-state index in [1.165, 1.54) is 17.7 Å². The van der Waals surface area contributed by atoms with E-state index in [0.717, 1.165) is 11.1 Å². The highest BCUT2D eigenvalue weighted by atomic mass is 16.6. The van der Waals surface area contributed by atoms with E-state index < -0.39 is 16.2 Å². The molecule has 0 spiro atoms. The summed E-state index contributed by atoms with van der Waals surface area (Å²) in [6, 6.07) is 20.0. The van der Waals surface area contributed by atoms with E-state index in [-0.39, 0.29) is 28.8 Å². The van der Waals surface area contributed by atoms with Gasteiger partial charge in [-0.05, 0) is 23.8 Å². The number of anilines is 1. The number of piperazine rings is 1. The Hall–Kier alpha value is -4.75. The molecular formula is C27H24N6O4. The molecule has 2 aromatic heterocycles. The standard InChI is InChI=1S/C27H24N6O4/c1-28-22-13-12-20-23(29-22)25(26(33(36)37)27(35)30(20)2)32-16-14-31(15-17-32)24(18-8-4-3-5-9-18)19-10-6-7-11-21(19)34/h3-13,24,34H,14-17H2,2H3. The first kappa shape index (κ1) is 24.0. The molecule has 10 heteroatoms. The van der Waals surface area contributed by atoms with Crippen molar-refractivity contribution >= 4 is 28.2 Å². The zero-order valence-corrected chi connectivity index (χ0v) is 20.1. The number of nitrogens with zero attached hydrogens (tertiary/aromatic N) is 6. The maximum atomic E-state index is 13.0. The fourth-order valence-corrected chi connectivity index (χ4v) is 5.04. The van der Waals surface area contributed by atoms with Crippen LogP contribution in [0.1, 0.15) is 17.2 Å². The molecule has 1 fully saturated rings. The van der Waals surface area contributed by atoms with Gasteiger partial charge in [0.05, 0.1) is 16.5 Å². The van der Waals surface area contributed by atoms with Gasteiger partial charge in [0.1, 0.15) is 5.75 Å². The lowest BCUT2D eigenvalue weighted by molar-refractivity contribution is -0.385. The summed E-state index contributed by atoms with van der Waals surface area (Å²) in [6.45, 7) is 9.16. The first-order valence-electron chi connectivity index (χ1n) is 11.8. The Morgan fingerprint density at radius 2 is 1.70 bits per heavy atom. The molecule has 1 atom stereocenters. The summed E-state index contributed by atoms with van der Waals surface area (Å²) < 4.78 is 1.21. The zero-order chi connectivity index (χ0) is 26.1. The Bertz CT molecular complexity index is 1590. The topological polar surface area (TPSA) is 109 Å². The predicted octanol–water partition coefficient (Wildman–Crippen LogP) is 4.01. The molecule has 1 saturated heterocycles. The number of phenolic OH excluding ortho intramolecular Hbond substituents is 1. The van der Waals surface area contributed by atoms with Gasteiger partial charge < -0.3 is 19.4 Å². The molecule has 0 amide bonds. The quantitative estimate of drug-likeness (QED) is 0.253. The smallest absolute Gasteiger partial charge is 0.361 e. The number of benzene rings is 2. The number of hydrogen-bond donors (Lipinski definition) is 1. The maximum absolute atomic E-state index is 13.0. The fourth-order valence-electron chi connectivity index (χ4n) is 5.04. The van der Waals surface area contributed by atoms with Gasteiger partial charge in [0.25, 0.3) is 5.82 Å². The van der Waals surface area contributed by atoms with Crippen molar-refractivity contribution in [2.75, 3.05) is 31.1 Å². The number of rotatable bonds is 5. The highest BCUT2D eigenvalue weighted by molar-refractivity contribution is 5.94. The minimum absolute atomic E-state index is 0.101. The van der Waals surface area contributed by atoms with E-state index in [2.05, 4.69) is 14.7 Å². The molecule has 10 nitrogen and oxygen atoms in total. The van der Waals surface area contributed by atoms with Gasteiger partial charge >= 0.3 is 11.2 Å². The zero-order valence-electron chi connectivity index (χ0n) is 20.1. The molecule has 1 aliphatic heterocycles. The summed E-state index contributed by atoms with van der Waals surface area (Å²) in [7, 11) is 1.47. The van der Waals surface area contributed by atoms with E-state index in [0.29, 0.717) is 31.7 Å². The van der Waals surface area contributed by atoms with Gasteiger partial charge in [-0.1, -0.05) is 55.1 Å². The van der Waals surface area contributed by atoms with Crippen molar-refractivity contribution in [3.05, 3.63) is 110 Å². The fraction of sp³-hybridized carbons (Fsp3) is 0.222. The van der Waals surface area contributed by atoms with Crippen molar-refractivity contribution < 1.29 is 10.0 Å². The first-order chi connectivity index (χ1) is 17.9. The molecule has 1 unspecified atom stereocenters. The van der Waals surface area contributed by atoms with Crippen molar-refractivity contribution in [3.8, 4) is 5.75 Å². The third-order valence-electron chi connectivity index (χ3n) is 6.82. The van der Waals surface area contributed by atoms with Crippen molar-refractivity contribution in [2.45, 2.75) is 6.04 Å². The van der Waals surface area contributed by atoms with Gasteiger partial charge in [-0.3, -0.25) is 19.8 Å². The summed E-state index contributed by atoms with van der Waals surface area (Å²) in [5.41, 5.74) is 1.36. The second-order valence-electron chi connectivity index (χ2n) is 8.86. The lowest BCUT2D eigenvalue weighted by Crippen LogP contribution is -2.48. The van der Waals surface area contributed by atoms with Gasteiger partial charge in [0, 0.05) is 38.8 Å². The van der Waals surface area contributed by atoms with Crippen molar-refractivity contribution in [3.63, 3.8) is 0 Å². The molecule has 186 valence electrons. The summed E-state index contributed by atoms with van der Waals surface area (Å²) in [4.78, 5) is 36.2. The van der Waals surface area contributed by atoms with Crippen molar-refractivity contribution in [1.29, 1.82) is 0 Å². The van der Waals surface area contributed by atoms with Gasteiger partial charge in [-0.15, -0.1) is 4.98 Å². The monoisotopic (exact) mass is 496 g/mol. The Kier molecular flexibility index (Phi) is 6.29. The average molecular weight is 497 g/mol. The maximum Gasteiger partial charge on any atom is 0.361 e. The van der Waals surface area contributed by atoms with E-state index in [1.807, 2.05) is 47.4 Å². The molecule has 1 aliphatic rings. The molecule has 4 aromatic rings. The molecule has 0 radical (unpaired) electrons. The number of pyridine rings is 2. The number of aryl methyl sites for hydroxylation is 1. The molecule has 1 N–H and O–H groups in total. The van der Waals surface area contributed by atoms with Crippen LogP contribution in [-0.4, -0.2) is 50.7 Å². The van der Waals surface area contributed by atoms with Gasteiger partial charge in [0.15, 0.2) is 5.69 Å². The average Bonchev–Trinajstić information content (AvgIpc) is 2.92. The second-order valence-corrected chi connectivity index (χ2v) is 8.86. The normalized spacial score (nSPS) is 14.9. The minimum Gasteiger partial charge on any atom is -0.508 e. The van der Waals surface area contributed by atoms with E-state index in [1.54, 1.807) is 18.2 Å². The van der Waals surface area contributed by atoms with Crippen LogP contribution in [0.2, 0.25) is 0 Å². The van der Waals surface area contributed by atoms with E-state index in [9.17, 15) is 20.0 Å². The Balaban J connectivity index is 1.56. The van der Waals surface area contributed by atoms with Crippen LogP contribution in [0.4, 0.5) is 17.2 Å². The third-order valence-corrected chi connectivity index (χ3v) is 6.82. The lowest BCUT2D eigenvalue weighted by Gasteiger charge is -2.40. The number of hydrogen-bond acceptors (Lipinski definition) is 7. The largest absolute Gasteiger partial charge is 0.508 e. The molecule has 5 rings (SSSR count). The van der Waals surface area contributed by atoms with Crippen molar-refractivity contribution in [1.82, 2.24) is 14.5 Å².